The smallest absolute Gasteiger partial charge is 0.333 e. The first kappa shape index (κ1) is 28.5. The van der Waals surface area contributed by atoms with Crippen LogP contribution in [0.25, 0.3) is 0 Å². The summed E-state index contributed by atoms with van der Waals surface area (Å²) in [5.41, 5.74) is 2.74. The molecule has 0 saturated heterocycles. The van der Waals surface area contributed by atoms with Gasteiger partial charge in [0.1, 0.15) is 5.75 Å². The molecule has 3 rings (SSSR count). The molecule has 1 unspecified atom stereocenters. The molecular weight excluding hydrogens is 513 g/mol. The van der Waals surface area contributed by atoms with Crippen molar-refractivity contribution in [2.75, 3.05) is 13.2 Å². The maximum atomic E-state index is 13.2. The lowest BCUT2D eigenvalue weighted by Crippen LogP contribution is -2.34. The average molecular weight is 544 g/mol. The highest BCUT2D eigenvalue weighted by Crippen LogP contribution is 2.28. The van der Waals surface area contributed by atoms with Crippen molar-refractivity contribution in [3.63, 3.8) is 0 Å². The summed E-state index contributed by atoms with van der Waals surface area (Å²) in [7, 11) is 0. The third-order valence-electron chi connectivity index (χ3n) is 5.99. The zero-order valence-electron chi connectivity index (χ0n) is 20.9. The maximum Gasteiger partial charge on any atom is 0.333 e. The molecule has 6 nitrogen and oxygen atoms in total. The van der Waals surface area contributed by atoms with E-state index in [4.69, 9.17) is 32.7 Å². The number of benzene rings is 3. The number of carboxylic acid groups (broad SMARTS) is 1. The molecule has 0 aromatic heterocycles. The number of nitrogens with zero attached hydrogens (tertiary/aromatic N) is 1. The SMILES string of the molecule is CCO[C@H](C(=O)O)C(CC)c1ccc(OCC(=O)N(Cc2ccc(Cl)cc2)Cc2ccc(Cl)cc2)cc1. The van der Waals surface area contributed by atoms with Crippen molar-refractivity contribution in [1.29, 1.82) is 0 Å². The average Bonchev–Trinajstić information content (AvgIpc) is 2.90. The number of hydrogen-bond acceptors (Lipinski definition) is 4. The van der Waals surface area contributed by atoms with Crippen LogP contribution < -0.4 is 4.74 Å². The van der Waals surface area contributed by atoms with Gasteiger partial charge in [0.05, 0.1) is 0 Å². The van der Waals surface area contributed by atoms with Crippen LogP contribution in [-0.2, 0) is 27.4 Å². The quantitative estimate of drug-likeness (QED) is 0.263. The number of carbonyl (C=O) groups excluding carboxylic acids is 1. The van der Waals surface area contributed by atoms with Crippen LogP contribution in [0, 0.1) is 0 Å². The summed E-state index contributed by atoms with van der Waals surface area (Å²) in [5.74, 6) is -0.931. The van der Waals surface area contributed by atoms with Gasteiger partial charge in [-0.3, -0.25) is 4.79 Å². The molecule has 0 heterocycles. The Labute approximate surface area is 227 Å². The van der Waals surface area contributed by atoms with Gasteiger partial charge in [0.15, 0.2) is 12.7 Å². The highest BCUT2D eigenvalue weighted by atomic mass is 35.5. The summed E-state index contributed by atoms with van der Waals surface area (Å²) >= 11 is 12.0. The van der Waals surface area contributed by atoms with Crippen molar-refractivity contribution in [3.8, 4) is 5.75 Å². The molecule has 0 aliphatic heterocycles. The van der Waals surface area contributed by atoms with E-state index in [2.05, 4.69) is 0 Å². The zero-order chi connectivity index (χ0) is 26.8. The minimum absolute atomic E-state index is 0.144. The third-order valence-corrected chi connectivity index (χ3v) is 6.50. The molecule has 0 spiro atoms. The van der Waals surface area contributed by atoms with E-state index in [-0.39, 0.29) is 18.4 Å². The van der Waals surface area contributed by atoms with Crippen LogP contribution in [0.2, 0.25) is 10.0 Å². The lowest BCUT2D eigenvalue weighted by atomic mass is 9.91. The number of halogens is 2. The molecule has 2 atom stereocenters. The Morgan fingerprint density at radius 2 is 1.35 bits per heavy atom. The molecule has 1 N–H and O–H groups in total. The van der Waals surface area contributed by atoms with Gasteiger partial charge in [-0.1, -0.05) is 66.5 Å². The molecule has 196 valence electrons. The van der Waals surface area contributed by atoms with Crippen molar-refractivity contribution in [2.45, 2.75) is 45.4 Å². The number of amides is 1. The van der Waals surface area contributed by atoms with Gasteiger partial charge in [-0.25, -0.2) is 4.79 Å². The second kappa shape index (κ2) is 14.0. The van der Waals surface area contributed by atoms with E-state index in [9.17, 15) is 14.7 Å². The Hall–Kier alpha value is -3.06. The topological polar surface area (TPSA) is 76.1 Å². The fraction of sp³-hybridized carbons (Fsp3) is 0.310. The monoisotopic (exact) mass is 543 g/mol. The molecule has 8 heteroatoms. The molecule has 3 aromatic rings. The lowest BCUT2D eigenvalue weighted by Gasteiger charge is -2.24. The van der Waals surface area contributed by atoms with Gasteiger partial charge < -0.3 is 19.5 Å². The number of rotatable bonds is 13. The van der Waals surface area contributed by atoms with Gasteiger partial charge >= 0.3 is 5.97 Å². The number of aliphatic carboxylic acids is 1. The van der Waals surface area contributed by atoms with Crippen molar-refractivity contribution in [1.82, 2.24) is 4.90 Å². The molecule has 37 heavy (non-hydrogen) atoms. The first-order valence-electron chi connectivity index (χ1n) is 12.1. The van der Waals surface area contributed by atoms with Crippen molar-refractivity contribution >= 4 is 35.1 Å². The predicted octanol–water partition coefficient (Wildman–Crippen LogP) is 6.58. The Morgan fingerprint density at radius 3 is 1.78 bits per heavy atom. The van der Waals surface area contributed by atoms with Gasteiger partial charge in [-0.2, -0.15) is 0 Å². The van der Waals surface area contributed by atoms with Crippen LogP contribution in [0.3, 0.4) is 0 Å². The first-order chi connectivity index (χ1) is 17.8. The Morgan fingerprint density at radius 1 is 0.838 bits per heavy atom. The van der Waals surface area contributed by atoms with E-state index in [1.807, 2.05) is 43.3 Å². The van der Waals surface area contributed by atoms with Crippen LogP contribution in [0.5, 0.6) is 5.75 Å². The van der Waals surface area contributed by atoms with E-state index < -0.39 is 12.1 Å². The molecule has 3 aromatic carbocycles. The van der Waals surface area contributed by atoms with Gasteiger partial charge in [0.25, 0.3) is 5.91 Å². The van der Waals surface area contributed by atoms with E-state index in [0.29, 0.717) is 41.9 Å². The van der Waals surface area contributed by atoms with Crippen LogP contribution in [-0.4, -0.2) is 41.2 Å². The van der Waals surface area contributed by atoms with Crippen molar-refractivity contribution in [3.05, 3.63) is 99.5 Å². The van der Waals surface area contributed by atoms with E-state index >= 15 is 0 Å². The molecular formula is C29H31Cl2NO5. The molecule has 1 amide bonds. The van der Waals surface area contributed by atoms with Crippen molar-refractivity contribution < 1.29 is 24.2 Å². The molecule has 0 aliphatic rings. The summed E-state index contributed by atoms with van der Waals surface area (Å²) < 4.78 is 11.3. The number of carboxylic acids is 1. The highest BCUT2D eigenvalue weighted by molar-refractivity contribution is 6.30. The van der Waals surface area contributed by atoms with Gasteiger partial charge in [0, 0.05) is 35.7 Å². The van der Waals surface area contributed by atoms with Crippen LogP contribution >= 0.6 is 23.2 Å². The largest absolute Gasteiger partial charge is 0.484 e. The minimum atomic E-state index is -0.985. The highest BCUT2D eigenvalue weighted by Gasteiger charge is 2.28. The summed E-state index contributed by atoms with van der Waals surface area (Å²) in [6, 6.07) is 21.9. The van der Waals surface area contributed by atoms with Crippen molar-refractivity contribution in [2.24, 2.45) is 0 Å². The molecule has 0 aliphatic carbocycles. The van der Waals surface area contributed by atoms with Crippen LogP contribution in [0.1, 0.15) is 42.9 Å². The second-order valence-corrected chi connectivity index (χ2v) is 9.46. The summed E-state index contributed by atoms with van der Waals surface area (Å²) in [5, 5.41) is 10.8. The normalized spacial score (nSPS) is 12.5. The number of hydrogen-bond donors (Lipinski definition) is 1. The Kier molecular flexibility index (Phi) is 10.8. The summed E-state index contributed by atoms with van der Waals surface area (Å²) in [6.07, 6.45) is -0.308. The number of carbonyl (C=O) groups is 2. The molecule has 0 fully saturated rings. The van der Waals surface area contributed by atoms with E-state index in [1.54, 1.807) is 48.2 Å². The van der Waals surface area contributed by atoms with Gasteiger partial charge in [0.2, 0.25) is 0 Å². The fourth-order valence-electron chi connectivity index (χ4n) is 4.06. The van der Waals surface area contributed by atoms with E-state index in [1.165, 1.54) is 0 Å². The fourth-order valence-corrected chi connectivity index (χ4v) is 4.32. The Bertz CT molecular complexity index is 1100. The third kappa shape index (κ3) is 8.49. The minimum Gasteiger partial charge on any atom is -0.484 e. The van der Waals surface area contributed by atoms with E-state index in [0.717, 1.165) is 16.7 Å². The number of ether oxygens (including phenoxy) is 2. The van der Waals surface area contributed by atoms with Crippen LogP contribution in [0.4, 0.5) is 0 Å². The van der Waals surface area contributed by atoms with Gasteiger partial charge in [-0.15, -0.1) is 0 Å². The predicted molar refractivity (Wildman–Crippen MR) is 145 cm³/mol. The molecule has 0 saturated carbocycles. The standard InChI is InChI=1S/C29H31Cl2NO5/c1-3-26(28(29(34)35)36-4-2)22-9-15-25(16-10-22)37-19-27(33)32(17-20-5-11-23(30)12-6-20)18-21-7-13-24(31)14-8-21/h5-16,26,28H,3-4,17-19H2,1-2H3,(H,34,35)/t26?,28-/m0/s1. The molecule has 0 radical (unpaired) electrons. The molecule has 0 bridgehead atoms. The Balaban J connectivity index is 1.69. The van der Waals surface area contributed by atoms with Gasteiger partial charge in [-0.05, 0) is 66.4 Å². The summed E-state index contributed by atoms with van der Waals surface area (Å²) in [6.45, 7) is 4.67. The first-order valence-corrected chi connectivity index (χ1v) is 12.9. The maximum absolute atomic E-state index is 13.2. The summed E-state index contributed by atoms with van der Waals surface area (Å²) in [4.78, 5) is 26.6. The van der Waals surface area contributed by atoms with Crippen LogP contribution in [0.15, 0.2) is 72.8 Å². The second-order valence-electron chi connectivity index (χ2n) is 8.59. The lowest BCUT2D eigenvalue weighted by molar-refractivity contribution is -0.151. The zero-order valence-corrected chi connectivity index (χ0v) is 22.4.